The molecule has 3 heteroatoms. The Balaban J connectivity index is 2.57. The molecule has 0 bridgehead atoms. The Kier molecular flexibility index (Phi) is 5.21. The Morgan fingerprint density at radius 3 is 2.20 bits per heavy atom. The molecule has 1 N–H and O–H groups in total. The zero-order valence-corrected chi connectivity index (χ0v) is 13.5. The lowest BCUT2D eigenvalue weighted by molar-refractivity contribution is -0.129. The maximum Gasteiger partial charge on any atom is 0.261 e. The van der Waals surface area contributed by atoms with Crippen molar-refractivity contribution < 1.29 is 9.53 Å². The summed E-state index contributed by atoms with van der Waals surface area (Å²) in [5, 5.41) is 3.07. The van der Waals surface area contributed by atoms with Crippen LogP contribution in [-0.2, 0) is 4.79 Å². The van der Waals surface area contributed by atoms with Crippen molar-refractivity contribution in [3.05, 3.63) is 30.3 Å². The summed E-state index contributed by atoms with van der Waals surface area (Å²) in [6.45, 7) is 12.4. The standard InChI is InChI=1S/C17H27NO2/c1-13(20-14-10-8-7-9-11-14)15(19)18-17(5,6)12-16(2,3)4/h7-11,13H,12H2,1-6H3,(H,18,19)/t13-/m0/s1. The minimum Gasteiger partial charge on any atom is -0.481 e. The van der Waals surface area contributed by atoms with Crippen molar-refractivity contribution in [3.63, 3.8) is 0 Å². The van der Waals surface area contributed by atoms with Crippen molar-refractivity contribution in [3.8, 4) is 5.75 Å². The Bertz CT molecular complexity index is 432. The molecule has 1 rings (SSSR count). The van der Waals surface area contributed by atoms with Crippen LogP contribution >= 0.6 is 0 Å². The van der Waals surface area contributed by atoms with Gasteiger partial charge in [0, 0.05) is 5.54 Å². The number of rotatable bonds is 5. The number of nitrogens with one attached hydrogen (secondary N) is 1. The Morgan fingerprint density at radius 2 is 1.70 bits per heavy atom. The highest BCUT2D eigenvalue weighted by molar-refractivity contribution is 5.81. The summed E-state index contributed by atoms with van der Waals surface area (Å²) >= 11 is 0. The highest BCUT2D eigenvalue weighted by Crippen LogP contribution is 2.26. The molecule has 1 atom stereocenters. The predicted octanol–water partition coefficient (Wildman–Crippen LogP) is 3.78. The fourth-order valence-corrected chi connectivity index (χ4v) is 2.56. The molecular formula is C17H27NO2. The summed E-state index contributed by atoms with van der Waals surface area (Å²) < 4.78 is 5.64. The number of hydrogen-bond donors (Lipinski definition) is 1. The molecule has 0 aliphatic heterocycles. The van der Waals surface area contributed by atoms with E-state index in [1.54, 1.807) is 6.92 Å². The van der Waals surface area contributed by atoms with Gasteiger partial charge in [0.15, 0.2) is 6.10 Å². The van der Waals surface area contributed by atoms with Crippen LogP contribution in [0.1, 0.15) is 48.0 Å². The van der Waals surface area contributed by atoms with Gasteiger partial charge in [0.25, 0.3) is 5.91 Å². The molecule has 3 nitrogen and oxygen atoms in total. The first kappa shape index (κ1) is 16.5. The largest absolute Gasteiger partial charge is 0.481 e. The summed E-state index contributed by atoms with van der Waals surface area (Å²) in [6.07, 6.45) is 0.403. The van der Waals surface area contributed by atoms with E-state index in [0.29, 0.717) is 5.75 Å². The van der Waals surface area contributed by atoms with Crippen molar-refractivity contribution in [2.45, 2.75) is 59.6 Å². The van der Waals surface area contributed by atoms with E-state index in [1.165, 1.54) is 0 Å². The molecule has 20 heavy (non-hydrogen) atoms. The number of carbonyl (C=O) groups is 1. The molecule has 1 amide bonds. The molecule has 0 radical (unpaired) electrons. The van der Waals surface area contributed by atoms with E-state index in [0.717, 1.165) is 6.42 Å². The summed E-state index contributed by atoms with van der Waals surface area (Å²) in [7, 11) is 0. The minimum atomic E-state index is -0.503. The van der Waals surface area contributed by atoms with Crippen LogP contribution in [-0.4, -0.2) is 17.6 Å². The lowest BCUT2D eigenvalue weighted by Crippen LogP contribution is -2.50. The molecule has 112 valence electrons. The van der Waals surface area contributed by atoms with Crippen LogP contribution in [0.4, 0.5) is 0 Å². The Morgan fingerprint density at radius 1 is 1.15 bits per heavy atom. The fourth-order valence-electron chi connectivity index (χ4n) is 2.56. The molecule has 0 heterocycles. The third-order valence-corrected chi connectivity index (χ3v) is 2.86. The third-order valence-electron chi connectivity index (χ3n) is 2.86. The van der Waals surface area contributed by atoms with E-state index < -0.39 is 6.10 Å². The van der Waals surface area contributed by atoms with Gasteiger partial charge in [-0.3, -0.25) is 4.79 Å². The van der Waals surface area contributed by atoms with E-state index in [9.17, 15) is 4.79 Å². The van der Waals surface area contributed by atoms with Crippen LogP contribution in [0.3, 0.4) is 0 Å². The second-order valence-corrected chi connectivity index (χ2v) is 7.18. The van der Waals surface area contributed by atoms with Crippen molar-refractivity contribution in [1.82, 2.24) is 5.32 Å². The van der Waals surface area contributed by atoms with Crippen LogP contribution in [0.2, 0.25) is 0 Å². The van der Waals surface area contributed by atoms with Gasteiger partial charge in [0.05, 0.1) is 0 Å². The molecule has 0 unspecified atom stereocenters. The van der Waals surface area contributed by atoms with Crippen molar-refractivity contribution in [1.29, 1.82) is 0 Å². The first-order valence-corrected chi connectivity index (χ1v) is 7.13. The smallest absolute Gasteiger partial charge is 0.261 e. The van der Waals surface area contributed by atoms with E-state index in [4.69, 9.17) is 4.74 Å². The Labute approximate surface area is 122 Å². The number of para-hydroxylation sites is 1. The second kappa shape index (κ2) is 6.29. The van der Waals surface area contributed by atoms with Gasteiger partial charge in [-0.25, -0.2) is 0 Å². The van der Waals surface area contributed by atoms with E-state index in [-0.39, 0.29) is 16.9 Å². The third kappa shape index (κ3) is 6.09. The first-order valence-electron chi connectivity index (χ1n) is 7.13. The normalized spacial score (nSPS) is 13.7. The number of amides is 1. The van der Waals surface area contributed by atoms with Gasteiger partial charge in [-0.2, -0.15) is 0 Å². The van der Waals surface area contributed by atoms with E-state index in [1.807, 2.05) is 44.2 Å². The van der Waals surface area contributed by atoms with Crippen molar-refractivity contribution in [2.24, 2.45) is 5.41 Å². The van der Waals surface area contributed by atoms with Gasteiger partial charge in [-0.05, 0) is 44.7 Å². The van der Waals surface area contributed by atoms with Crippen molar-refractivity contribution in [2.75, 3.05) is 0 Å². The molecule has 0 spiro atoms. The Hall–Kier alpha value is -1.51. The lowest BCUT2D eigenvalue weighted by atomic mass is 9.81. The van der Waals surface area contributed by atoms with E-state index in [2.05, 4.69) is 26.1 Å². The summed E-state index contributed by atoms with van der Waals surface area (Å²) in [4.78, 5) is 12.2. The van der Waals surface area contributed by atoms with E-state index >= 15 is 0 Å². The summed E-state index contributed by atoms with van der Waals surface area (Å²) in [6, 6.07) is 9.41. The lowest BCUT2D eigenvalue weighted by Gasteiger charge is -2.34. The van der Waals surface area contributed by atoms with Crippen LogP contribution in [0.5, 0.6) is 5.75 Å². The minimum absolute atomic E-state index is 0.0805. The first-order chi connectivity index (χ1) is 9.09. The zero-order chi connectivity index (χ0) is 15.4. The molecule has 0 saturated carbocycles. The molecule has 0 saturated heterocycles. The number of benzene rings is 1. The zero-order valence-electron chi connectivity index (χ0n) is 13.5. The van der Waals surface area contributed by atoms with Gasteiger partial charge in [0.1, 0.15) is 5.75 Å². The molecule has 0 fully saturated rings. The molecule has 1 aromatic rings. The predicted molar refractivity (Wildman–Crippen MR) is 82.8 cm³/mol. The second-order valence-electron chi connectivity index (χ2n) is 7.18. The highest BCUT2D eigenvalue weighted by Gasteiger charge is 2.29. The average Bonchev–Trinajstić information content (AvgIpc) is 2.26. The quantitative estimate of drug-likeness (QED) is 0.889. The number of carbonyl (C=O) groups excluding carboxylic acids is 1. The van der Waals surface area contributed by atoms with Crippen LogP contribution in [0.15, 0.2) is 30.3 Å². The fraction of sp³-hybridized carbons (Fsp3) is 0.588. The SMILES string of the molecule is C[C@H](Oc1ccccc1)C(=O)NC(C)(C)CC(C)(C)C. The topological polar surface area (TPSA) is 38.3 Å². The summed E-state index contributed by atoms with van der Waals surface area (Å²) in [5.41, 5.74) is -0.0794. The van der Waals surface area contributed by atoms with Gasteiger partial charge in [-0.1, -0.05) is 39.0 Å². The molecule has 0 aromatic heterocycles. The molecule has 1 aromatic carbocycles. The number of ether oxygens (including phenoxy) is 1. The average molecular weight is 277 g/mol. The van der Waals surface area contributed by atoms with Gasteiger partial charge in [-0.15, -0.1) is 0 Å². The van der Waals surface area contributed by atoms with Crippen LogP contribution in [0, 0.1) is 5.41 Å². The summed E-state index contributed by atoms with van der Waals surface area (Å²) in [5.74, 6) is 0.631. The van der Waals surface area contributed by atoms with Crippen molar-refractivity contribution >= 4 is 5.91 Å². The van der Waals surface area contributed by atoms with Crippen LogP contribution < -0.4 is 10.1 Å². The highest BCUT2D eigenvalue weighted by atomic mass is 16.5. The van der Waals surface area contributed by atoms with Gasteiger partial charge >= 0.3 is 0 Å². The molecular weight excluding hydrogens is 250 g/mol. The monoisotopic (exact) mass is 277 g/mol. The van der Waals surface area contributed by atoms with Gasteiger partial charge in [0.2, 0.25) is 0 Å². The van der Waals surface area contributed by atoms with Gasteiger partial charge < -0.3 is 10.1 Å². The maximum atomic E-state index is 12.2. The molecule has 0 aliphatic rings. The van der Waals surface area contributed by atoms with Crippen LogP contribution in [0.25, 0.3) is 0 Å². The maximum absolute atomic E-state index is 12.2. The molecule has 0 aliphatic carbocycles. The number of hydrogen-bond acceptors (Lipinski definition) is 2.